The second-order valence-corrected chi connectivity index (χ2v) is 7.53. The Bertz CT molecular complexity index is 1160. The van der Waals surface area contributed by atoms with Gasteiger partial charge in [0.1, 0.15) is 10.8 Å². The smallest absolute Gasteiger partial charge is 0.234 e. The predicted molar refractivity (Wildman–Crippen MR) is 116 cm³/mol. The van der Waals surface area contributed by atoms with Crippen molar-refractivity contribution in [1.82, 2.24) is 14.6 Å². The molecule has 0 aliphatic rings. The van der Waals surface area contributed by atoms with Gasteiger partial charge in [0.2, 0.25) is 5.91 Å². The van der Waals surface area contributed by atoms with Crippen molar-refractivity contribution in [2.24, 2.45) is 0 Å². The Morgan fingerprint density at radius 1 is 1.14 bits per heavy atom. The van der Waals surface area contributed by atoms with Crippen LogP contribution < -0.4 is 10.1 Å². The third-order valence-electron chi connectivity index (χ3n) is 4.33. The lowest BCUT2D eigenvalue weighted by Crippen LogP contribution is -2.14. The number of hydrogen-bond donors (Lipinski definition) is 1. The van der Waals surface area contributed by atoms with Crippen molar-refractivity contribution in [3.63, 3.8) is 0 Å². The summed E-state index contributed by atoms with van der Waals surface area (Å²) < 4.78 is 6.93. The number of carbonyl (C=O) groups is 1. The summed E-state index contributed by atoms with van der Waals surface area (Å²) in [5.41, 5.74) is 4.49. The number of rotatable bonds is 6. The third kappa shape index (κ3) is 4.57. The maximum Gasteiger partial charge on any atom is 0.234 e. The first-order valence-corrected chi connectivity index (χ1v) is 10.1. The van der Waals surface area contributed by atoms with Crippen LogP contribution in [0.5, 0.6) is 5.75 Å². The summed E-state index contributed by atoms with van der Waals surface area (Å²) in [5.74, 6) is 1.03. The molecule has 6 nitrogen and oxygen atoms in total. The number of carbonyl (C=O) groups excluding carboxylic acids is 1. The van der Waals surface area contributed by atoms with E-state index >= 15 is 0 Å². The first kappa shape index (κ1) is 19.0. The molecule has 146 valence electrons. The Balaban J connectivity index is 1.43. The standard InChI is InChI=1S/C22H20N4O2S/c1-15-4-3-5-17(12-15)23-21(27)14-29-22-11-10-20-24-19(13-26(20)25-22)16-6-8-18(28-2)9-7-16/h3-13H,14H2,1-2H3,(H,23,27). The number of aryl methyl sites for hydroxylation is 1. The van der Waals surface area contributed by atoms with E-state index in [0.29, 0.717) is 0 Å². The number of anilines is 1. The van der Waals surface area contributed by atoms with E-state index in [9.17, 15) is 4.79 Å². The molecule has 2 aromatic heterocycles. The minimum Gasteiger partial charge on any atom is -0.497 e. The predicted octanol–water partition coefficient (Wildman–Crippen LogP) is 4.44. The molecule has 0 aliphatic carbocycles. The SMILES string of the molecule is COc1ccc(-c2cn3nc(SCC(=O)Nc4cccc(C)c4)ccc3n2)cc1. The fraction of sp³-hybridized carbons (Fsp3) is 0.136. The van der Waals surface area contributed by atoms with E-state index in [1.54, 1.807) is 11.6 Å². The maximum absolute atomic E-state index is 12.2. The van der Waals surface area contributed by atoms with Crippen LogP contribution in [0.3, 0.4) is 0 Å². The van der Waals surface area contributed by atoms with Gasteiger partial charge in [0.25, 0.3) is 0 Å². The molecule has 4 rings (SSSR count). The lowest BCUT2D eigenvalue weighted by Gasteiger charge is -2.05. The highest BCUT2D eigenvalue weighted by Crippen LogP contribution is 2.23. The van der Waals surface area contributed by atoms with Crippen molar-refractivity contribution in [3.8, 4) is 17.0 Å². The van der Waals surface area contributed by atoms with E-state index in [-0.39, 0.29) is 11.7 Å². The molecule has 29 heavy (non-hydrogen) atoms. The van der Waals surface area contributed by atoms with Crippen LogP contribution in [-0.4, -0.2) is 33.4 Å². The summed E-state index contributed by atoms with van der Waals surface area (Å²) >= 11 is 1.39. The van der Waals surface area contributed by atoms with E-state index in [1.807, 2.05) is 73.8 Å². The van der Waals surface area contributed by atoms with Gasteiger partial charge in [-0.25, -0.2) is 9.50 Å². The zero-order valence-electron chi connectivity index (χ0n) is 16.1. The third-order valence-corrected chi connectivity index (χ3v) is 5.25. The molecule has 4 aromatic rings. The monoisotopic (exact) mass is 404 g/mol. The second-order valence-electron chi connectivity index (χ2n) is 6.54. The minimum atomic E-state index is -0.0629. The van der Waals surface area contributed by atoms with Gasteiger partial charge in [-0.1, -0.05) is 23.9 Å². The lowest BCUT2D eigenvalue weighted by atomic mass is 10.2. The summed E-state index contributed by atoms with van der Waals surface area (Å²) in [5, 5.41) is 8.23. The van der Waals surface area contributed by atoms with Crippen LogP contribution in [0.25, 0.3) is 16.9 Å². The molecule has 0 spiro atoms. The van der Waals surface area contributed by atoms with Gasteiger partial charge in [0, 0.05) is 11.3 Å². The number of nitrogens with one attached hydrogen (secondary N) is 1. The van der Waals surface area contributed by atoms with Crippen molar-refractivity contribution in [1.29, 1.82) is 0 Å². The van der Waals surface area contributed by atoms with Gasteiger partial charge in [-0.2, -0.15) is 5.10 Å². The Morgan fingerprint density at radius 3 is 2.72 bits per heavy atom. The number of benzene rings is 2. The number of imidazole rings is 1. The minimum absolute atomic E-state index is 0.0629. The van der Waals surface area contributed by atoms with Crippen LogP contribution in [0.15, 0.2) is 71.9 Å². The first-order chi connectivity index (χ1) is 14.1. The number of fused-ring (bicyclic) bond motifs is 1. The van der Waals surface area contributed by atoms with Crippen LogP contribution in [0, 0.1) is 6.92 Å². The second kappa shape index (κ2) is 8.36. The number of nitrogens with zero attached hydrogens (tertiary/aromatic N) is 3. The van der Waals surface area contributed by atoms with Gasteiger partial charge < -0.3 is 10.1 Å². The number of methoxy groups -OCH3 is 1. The summed E-state index contributed by atoms with van der Waals surface area (Å²) in [7, 11) is 1.64. The normalized spacial score (nSPS) is 10.8. The Morgan fingerprint density at radius 2 is 1.97 bits per heavy atom. The van der Waals surface area contributed by atoms with Crippen molar-refractivity contribution >= 4 is 29.0 Å². The Kier molecular flexibility index (Phi) is 5.48. The molecular weight excluding hydrogens is 384 g/mol. The highest BCUT2D eigenvalue weighted by molar-refractivity contribution is 7.99. The number of amides is 1. The van der Waals surface area contributed by atoms with Gasteiger partial charge >= 0.3 is 0 Å². The fourth-order valence-corrected chi connectivity index (χ4v) is 3.56. The average molecular weight is 404 g/mol. The van der Waals surface area contributed by atoms with Gasteiger partial charge in [0.05, 0.1) is 24.8 Å². The van der Waals surface area contributed by atoms with E-state index in [2.05, 4.69) is 15.4 Å². The van der Waals surface area contributed by atoms with Crippen LogP contribution in [0.2, 0.25) is 0 Å². The van der Waals surface area contributed by atoms with Gasteiger partial charge in [-0.15, -0.1) is 0 Å². The van der Waals surface area contributed by atoms with Crippen molar-refractivity contribution in [2.75, 3.05) is 18.2 Å². The number of thioether (sulfide) groups is 1. The van der Waals surface area contributed by atoms with E-state index < -0.39 is 0 Å². The highest BCUT2D eigenvalue weighted by Gasteiger charge is 2.09. The van der Waals surface area contributed by atoms with Gasteiger partial charge in [-0.3, -0.25) is 4.79 Å². The van der Waals surface area contributed by atoms with Crippen LogP contribution in [0.1, 0.15) is 5.56 Å². The maximum atomic E-state index is 12.2. The average Bonchev–Trinajstić information content (AvgIpc) is 3.16. The topological polar surface area (TPSA) is 68.5 Å². The molecular formula is C22H20N4O2S. The van der Waals surface area contributed by atoms with Gasteiger partial charge in [0.15, 0.2) is 5.65 Å². The first-order valence-electron chi connectivity index (χ1n) is 9.11. The summed E-state index contributed by atoms with van der Waals surface area (Å²) in [6, 6.07) is 19.3. The van der Waals surface area contributed by atoms with E-state index in [4.69, 9.17) is 4.74 Å². The molecule has 0 saturated carbocycles. The fourth-order valence-electron chi connectivity index (χ4n) is 2.90. The van der Waals surface area contributed by atoms with Crippen LogP contribution in [-0.2, 0) is 4.79 Å². The summed E-state index contributed by atoms with van der Waals surface area (Å²) in [4.78, 5) is 16.8. The molecule has 0 atom stereocenters. The van der Waals surface area contributed by atoms with Crippen molar-refractivity contribution in [3.05, 3.63) is 72.4 Å². The molecule has 0 unspecified atom stereocenters. The molecule has 2 aromatic carbocycles. The largest absolute Gasteiger partial charge is 0.497 e. The number of aromatic nitrogens is 3. The Hall–Kier alpha value is -3.32. The quantitative estimate of drug-likeness (QED) is 0.481. The summed E-state index contributed by atoms with van der Waals surface area (Å²) in [6.07, 6.45) is 1.88. The Labute approximate surface area is 172 Å². The molecule has 0 radical (unpaired) electrons. The molecule has 1 N–H and O–H groups in total. The number of ether oxygens (including phenoxy) is 1. The van der Waals surface area contributed by atoms with E-state index in [0.717, 1.165) is 38.9 Å². The van der Waals surface area contributed by atoms with Gasteiger partial charge in [-0.05, 0) is 61.0 Å². The molecule has 0 saturated heterocycles. The molecule has 2 heterocycles. The highest BCUT2D eigenvalue weighted by atomic mass is 32.2. The number of hydrogen-bond acceptors (Lipinski definition) is 5. The van der Waals surface area contributed by atoms with Crippen molar-refractivity contribution in [2.45, 2.75) is 11.9 Å². The molecule has 0 bridgehead atoms. The lowest BCUT2D eigenvalue weighted by molar-refractivity contribution is -0.113. The molecule has 0 fully saturated rings. The summed E-state index contributed by atoms with van der Waals surface area (Å²) in [6.45, 7) is 1.99. The molecule has 7 heteroatoms. The van der Waals surface area contributed by atoms with E-state index in [1.165, 1.54) is 11.8 Å². The molecule has 1 amide bonds. The zero-order chi connectivity index (χ0) is 20.2. The molecule has 0 aliphatic heterocycles. The van der Waals surface area contributed by atoms with Crippen LogP contribution in [0.4, 0.5) is 5.69 Å². The zero-order valence-corrected chi connectivity index (χ0v) is 16.9. The van der Waals surface area contributed by atoms with Crippen molar-refractivity contribution < 1.29 is 9.53 Å². The van der Waals surface area contributed by atoms with Crippen LogP contribution >= 0.6 is 11.8 Å².